The molecule has 0 bridgehead atoms. The summed E-state index contributed by atoms with van der Waals surface area (Å²) in [6.45, 7) is 9.96. The van der Waals surface area contributed by atoms with Gasteiger partial charge in [0.05, 0.1) is 0 Å². The highest BCUT2D eigenvalue weighted by Gasteiger charge is 2.28. The number of piperidine rings is 2. The molecule has 0 atom stereocenters. The smallest absolute Gasteiger partial charge is 0.253 e. The highest BCUT2D eigenvalue weighted by Crippen LogP contribution is 2.24. The molecule has 0 aliphatic carbocycles. The zero-order valence-corrected chi connectivity index (χ0v) is 21.5. The lowest BCUT2D eigenvalue weighted by Crippen LogP contribution is -2.48. The van der Waals surface area contributed by atoms with Crippen LogP contribution in [0.3, 0.4) is 0 Å². The van der Waals surface area contributed by atoms with E-state index in [1.165, 1.54) is 68.6 Å². The van der Waals surface area contributed by atoms with Crippen LogP contribution in [0.15, 0.2) is 48.5 Å². The molecule has 0 unspecified atom stereocenters. The van der Waals surface area contributed by atoms with Gasteiger partial charge in [-0.2, -0.15) is 0 Å². The van der Waals surface area contributed by atoms with Crippen LogP contribution < -0.4 is 0 Å². The number of likely N-dealkylation sites (tertiary alicyclic amines) is 2. The van der Waals surface area contributed by atoms with Gasteiger partial charge in [0.2, 0.25) is 0 Å². The van der Waals surface area contributed by atoms with E-state index in [9.17, 15) is 4.79 Å². The lowest BCUT2D eigenvalue weighted by atomic mass is 9.98. The Kier molecular flexibility index (Phi) is 8.17. The van der Waals surface area contributed by atoms with Crippen molar-refractivity contribution in [3.05, 3.63) is 59.7 Å². The largest absolute Gasteiger partial charge is 0.339 e. The quantitative estimate of drug-likeness (QED) is 0.635. The molecule has 0 radical (unpaired) electrons. The molecular formula is C30H42N4O. The number of carbonyl (C=O) groups is 1. The van der Waals surface area contributed by atoms with Gasteiger partial charge in [0.1, 0.15) is 0 Å². The predicted octanol–water partition coefficient (Wildman–Crippen LogP) is 4.58. The number of carbonyl (C=O) groups excluding carboxylic acids is 1. The van der Waals surface area contributed by atoms with E-state index in [2.05, 4.69) is 63.0 Å². The maximum absolute atomic E-state index is 13.1. The van der Waals surface area contributed by atoms with Crippen molar-refractivity contribution in [3.63, 3.8) is 0 Å². The van der Waals surface area contributed by atoms with Crippen molar-refractivity contribution in [2.45, 2.75) is 51.1 Å². The van der Waals surface area contributed by atoms with Gasteiger partial charge in [-0.3, -0.25) is 9.69 Å². The summed E-state index contributed by atoms with van der Waals surface area (Å²) in [5.41, 5.74) is 4.57. The van der Waals surface area contributed by atoms with Gasteiger partial charge in [-0.05, 0) is 94.2 Å². The van der Waals surface area contributed by atoms with Gasteiger partial charge < -0.3 is 14.7 Å². The number of hydrogen-bond donors (Lipinski definition) is 0. The molecular weight excluding hydrogens is 432 g/mol. The molecule has 0 saturated carbocycles. The Hall–Kier alpha value is -2.21. The third-order valence-electron chi connectivity index (χ3n) is 8.30. The maximum Gasteiger partial charge on any atom is 0.253 e. The molecule has 35 heavy (non-hydrogen) atoms. The van der Waals surface area contributed by atoms with E-state index >= 15 is 0 Å². The Bertz CT molecular complexity index is 943. The molecule has 1 amide bonds. The molecule has 5 heteroatoms. The summed E-state index contributed by atoms with van der Waals surface area (Å²) in [6, 6.07) is 17.9. The molecule has 0 aromatic heterocycles. The van der Waals surface area contributed by atoms with Gasteiger partial charge in [0, 0.05) is 44.3 Å². The van der Waals surface area contributed by atoms with Crippen molar-refractivity contribution < 1.29 is 4.79 Å². The van der Waals surface area contributed by atoms with Crippen LogP contribution in [0.2, 0.25) is 0 Å². The highest BCUT2D eigenvalue weighted by molar-refractivity contribution is 5.94. The van der Waals surface area contributed by atoms with E-state index in [1.807, 2.05) is 12.1 Å². The number of benzene rings is 2. The van der Waals surface area contributed by atoms with Gasteiger partial charge in [0.25, 0.3) is 5.91 Å². The Labute approximate surface area is 211 Å². The number of hydrogen-bond acceptors (Lipinski definition) is 4. The summed E-state index contributed by atoms with van der Waals surface area (Å²) < 4.78 is 0. The molecule has 5 rings (SSSR count). The Balaban J connectivity index is 1.14. The fourth-order valence-electron chi connectivity index (χ4n) is 6.02. The predicted molar refractivity (Wildman–Crippen MR) is 144 cm³/mol. The van der Waals surface area contributed by atoms with Gasteiger partial charge in [-0.1, -0.05) is 42.8 Å². The minimum absolute atomic E-state index is 0.187. The SMILES string of the molecule is CN1CCCN(Cc2ccc(-c3ccc(C(=O)N4CCC(N5CCCCC5)CC4)cc3)cc2)CC1. The molecule has 0 spiro atoms. The molecule has 2 aromatic carbocycles. The number of amides is 1. The fraction of sp³-hybridized carbons (Fsp3) is 0.567. The molecule has 5 nitrogen and oxygen atoms in total. The molecule has 3 heterocycles. The average Bonchev–Trinajstić information content (AvgIpc) is 3.13. The van der Waals surface area contributed by atoms with Crippen molar-refractivity contribution in [2.75, 3.05) is 59.4 Å². The van der Waals surface area contributed by atoms with Crippen LogP contribution in [0.1, 0.15) is 54.4 Å². The van der Waals surface area contributed by atoms with Crippen molar-refractivity contribution in [3.8, 4) is 11.1 Å². The van der Waals surface area contributed by atoms with Crippen LogP contribution in [-0.2, 0) is 6.54 Å². The topological polar surface area (TPSA) is 30.0 Å². The molecule has 188 valence electrons. The second-order valence-electron chi connectivity index (χ2n) is 10.8. The number of nitrogens with zero attached hydrogens (tertiary/aromatic N) is 4. The maximum atomic E-state index is 13.1. The zero-order chi connectivity index (χ0) is 24.0. The number of likely N-dealkylation sites (N-methyl/N-ethyl adjacent to an activating group) is 1. The molecule has 3 saturated heterocycles. The van der Waals surface area contributed by atoms with E-state index < -0.39 is 0 Å². The van der Waals surface area contributed by atoms with Crippen LogP contribution in [-0.4, -0.2) is 91.0 Å². The van der Waals surface area contributed by atoms with Crippen LogP contribution in [0.5, 0.6) is 0 Å². The molecule has 2 aromatic rings. The summed E-state index contributed by atoms with van der Waals surface area (Å²) in [4.78, 5) is 22.8. The van der Waals surface area contributed by atoms with E-state index in [0.717, 1.165) is 51.1 Å². The minimum Gasteiger partial charge on any atom is -0.339 e. The second-order valence-corrected chi connectivity index (χ2v) is 10.8. The van der Waals surface area contributed by atoms with Gasteiger partial charge in [-0.15, -0.1) is 0 Å². The summed E-state index contributed by atoms with van der Waals surface area (Å²) in [5.74, 6) is 0.187. The normalized spacial score (nSPS) is 21.7. The van der Waals surface area contributed by atoms with Crippen molar-refractivity contribution >= 4 is 5.91 Å². The van der Waals surface area contributed by atoms with Crippen molar-refractivity contribution in [2.24, 2.45) is 0 Å². The highest BCUT2D eigenvalue weighted by atomic mass is 16.2. The van der Waals surface area contributed by atoms with Crippen molar-refractivity contribution in [1.82, 2.24) is 19.6 Å². The van der Waals surface area contributed by atoms with E-state index in [4.69, 9.17) is 0 Å². The van der Waals surface area contributed by atoms with Gasteiger partial charge >= 0.3 is 0 Å². The van der Waals surface area contributed by atoms with Crippen molar-refractivity contribution in [1.29, 1.82) is 0 Å². The van der Waals surface area contributed by atoms with Crippen LogP contribution in [0.4, 0.5) is 0 Å². The molecule has 0 N–H and O–H groups in total. The zero-order valence-electron chi connectivity index (χ0n) is 21.5. The van der Waals surface area contributed by atoms with E-state index in [-0.39, 0.29) is 5.91 Å². The monoisotopic (exact) mass is 474 g/mol. The second kappa shape index (κ2) is 11.7. The van der Waals surface area contributed by atoms with Crippen LogP contribution in [0.25, 0.3) is 11.1 Å². The minimum atomic E-state index is 0.187. The first-order chi connectivity index (χ1) is 17.2. The van der Waals surface area contributed by atoms with Gasteiger partial charge in [0.15, 0.2) is 0 Å². The fourth-order valence-corrected chi connectivity index (χ4v) is 6.02. The lowest BCUT2D eigenvalue weighted by Gasteiger charge is -2.40. The Morgan fingerprint density at radius 1 is 0.714 bits per heavy atom. The standard InChI is InChI=1S/C30H42N4O/c1-31-16-5-17-32(23-22-31)24-25-6-8-26(9-7-25)27-10-12-28(13-11-27)30(35)34-20-14-29(15-21-34)33-18-3-2-4-19-33/h6-13,29H,2-5,14-24H2,1H3. The third-order valence-corrected chi connectivity index (χ3v) is 8.30. The summed E-state index contributed by atoms with van der Waals surface area (Å²) in [7, 11) is 2.22. The van der Waals surface area contributed by atoms with Gasteiger partial charge in [-0.25, -0.2) is 0 Å². The summed E-state index contributed by atoms with van der Waals surface area (Å²) in [6.07, 6.45) is 7.53. The van der Waals surface area contributed by atoms with Crippen LogP contribution in [0, 0.1) is 0 Å². The first-order valence-corrected chi connectivity index (χ1v) is 13.8. The first kappa shape index (κ1) is 24.5. The Morgan fingerprint density at radius 3 is 2.06 bits per heavy atom. The Morgan fingerprint density at radius 2 is 1.37 bits per heavy atom. The average molecular weight is 475 g/mol. The molecule has 3 aliphatic heterocycles. The van der Waals surface area contributed by atoms with E-state index in [1.54, 1.807) is 0 Å². The summed E-state index contributed by atoms with van der Waals surface area (Å²) >= 11 is 0. The lowest BCUT2D eigenvalue weighted by molar-refractivity contribution is 0.0590. The summed E-state index contributed by atoms with van der Waals surface area (Å²) in [5, 5.41) is 0. The number of rotatable bonds is 5. The first-order valence-electron chi connectivity index (χ1n) is 13.8. The third kappa shape index (κ3) is 6.32. The van der Waals surface area contributed by atoms with Crippen LogP contribution >= 0.6 is 0 Å². The molecule has 3 aliphatic rings. The molecule has 3 fully saturated rings. The van der Waals surface area contributed by atoms with E-state index in [0.29, 0.717) is 6.04 Å².